The predicted octanol–water partition coefficient (Wildman–Crippen LogP) is 1.46. The van der Waals surface area contributed by atoms with E-state index in [4.69, 9.17) is 0 Å². The average molecular weight is 185 g/mol. The third-order valence-corrected chi connectivity index (χ3v) is 1.70. The van der Waals surface area contributed by atoms with Crippen LogP contribution in [-0.4, -0.2) is 22.4 Å². The van der Waals surface area contributed by atoms with Crippen molar-refractivity contribution in [2.75, 3.05) is 6.26 Å². The Morgan fingerprint density at radius 2 is 2.55 bits per heavy atom. The van der Waals surface area contributed by atoms with Crippen LogP contribution in [0.15, 0.2) is 21.8 Å². The highest BCUT2D eigenvalue weighted by atomic mass is 32.2. The molecule has 11 heavy (non-hydrogen) atoms. The topological polar surface area (TPSA) is 38.1 Å². The van der Waals surface area contributed by atoms with Gasteiger partial charge in [-0.3, -0.25) is 0 Å². The van der Waals surface area contributed by atoms with Crippen LogP contribution >= 0.6 is 24.6 Å². The molecule has 1 heterocycles. The maximum Gasteiger partial charge on any atom is 0.187 e. The van der Waals surface area contributed by atoms with E-state index in [0.717, 1.165) is 10.9 Å². The summed E-state index contributed by atoms with van der Waals surface area (Å²) in [7, 11) is 0. The Labute approximate surface area is 74.9 Å². The molecule has 0 aliphatic rings. The quantitative estimate of drug-likeness (QED) is 0.328. The van der Waals surface area contributed by atoms with E-state index in [2.05, 4.69) is 27.2 Å². The molecular weight excluding hydrogens is 178 g/mol. The van der Waals surface area contributed by atoms with Crippen LogP contribution in [0.3, 0.4) is 0 Å². The molecule has 0 aliphatic heterocycles. The second kappa shape index (κ2) is 4.35. The molecule has 0 spiro atoms. The molecule has 5 heteroatoms. The van der Waals surface area contributed by atoms with Crippen LogP contribution < -0.4 is 0 Å². The number of thioether (sulfide) groups is 1. The van der Waals surface area contributed by atoms with Crippen LogP contribution in [0.25, 0.3) is 0 Å². The lowest BCUT2D eigenvalue weighted by atomic mass is 10.4. The van der Waals surface area contributed by atoms with Gasteiger partial charge in [-0.1, -0.05) is 11.8 Å². The Hall–Kier alpha value is -0.550. The van der Waals surface area contributed by atoms with E-state index >= 15 is 0 Å². The first-order valence-corrected chi connectivity index (χ1v) is 4.54. The van der Waals surface area contributed by atoms with Crippen molar-refractivity contribution in [3.8, 4) is 0 Å². The van der Waals surface area contributed by atoms with Crippen LogP contribution in [-0.2, 0) is 0 Å². The van der Waals surface area contributed by atoms with E-state index in [-0.39, 0.29) is 0 Å². The van der Waals surface area contributed by atoms with Crippen molar-refractivity contribution in [3.05, 3.63) is 18.0 Å². The van der Waals surface area contributed by atoms with Crippen molar-refractivity contribution in [1.82, 2.24) is 9.97 Å². The van der Waals surface area contributed by atoms with Crippen LogP contribution in [0, 0.1) is 0 Å². The minimum absolute atomic E-state index is 0.746. The highest BCUT2D eigenvalue weighted by molar-refractivity contribution is 7.98. The molecule has 0 aromatic carbocycles. The first-order chi connectivity index (χ1) is 5.36. The van der Waals surface area contributed by atoms with Gasteiger partial charge in [-0.2, -0.15) is 0 Å². The first kappa shape index (κ1) is 8.55. The molecule has 1 aromatic heterocycles. The second-order valence-electron chi connectivity index (χ2n) is 1.71. The average Bonchev–Trinajstić information content (AvgIpc) is 2.06. The fourth-order valence-corrected chi connectivity index (χ4v) is 1.06. The maximum atomic E-state index is 4.13. The lowest BCUT2D eigenvalue weighted by molar-refractivity contribution is 0.964. The summed E-state index contributed by atoms with van der Waals surface area (Å²) < 4.78 is 3.55. The summed E-state index contributed by atoms with van der Waals surface area (Å²) in [5.41, 5.74) is 0.777. The summed E-state index contributed by atoms with van der Waals surface area (Å²) in [5.74, 6) is 0. The third-order valence-electron chi connectivity index (χ3n) is 1.03. The minimum Gasteiger partial charge on any atom is -0.231 e. The first-order valence-electron chi connectivity index (χ1n) is 2.91. The van der Waals surface area contributed by atoms with Crippen molar-refractivity contribution in [2.24, 2.45) is 4.40 Å². The van der Waals surface area contributed by atoms with Crippen LogP contribution in [0.2, 0.25) is 0 Å². The van der Waals surface area contributed by atoms with Gasteiger partial charge < -0.3 is 0 Å². The molecule has 0 fully saturated rings. The van der Waals surface area contributed by atoms with Crippen LogP contribution in [0.1, 0.15) is 5.69 Å². The van der Waals surface area contributed by atoms with Gasteiger partial charge in [0.25, 0.3) is 0 Å². The van der Waals surface area contributed by atoms with Gasteiger partial charge in [-0.15, -0.1) is 0 Å². The Bertz CT molecular complexity index is 262. The van der Waals surface area contributed by atoms with Gasteiger partial charge in [-0.05, 0) is 25.1 Å². The fourth-order valence-electron chi connectivity index (χ4n) is 0.583. The van der Waals surface area contributed by atoms with Gasteiger partial charge in [0.15, 0.2) is 5.16 Å². The highest BCUT2D eigenvalue weighted by Crippen LogP contribution is 2.06. The number of nitrogens with zero attached hydrogens (tertiary/aromatic N) is 3. The largest absolute Gasteiger partial charge is 0.231 e. The monoisotopic (exact) mass is 185 g/mol. The standard InChI is InChI=1S/C6H7N3S2/c1-11-6-7-3-2-5(9-6)4-8-10/h2-4,10H,1H3/b8-4+. The van der Waals surface area contributed by atoms with E-state index in [1.54, 1.807) is 18.5 Å². The molecular formula is C6H7N3S2. The van der Waals surface area contributed by atoms with E-state index in [1.165, 1.54) is 11.8 Å². The summed E-state index contributed by atoms with van der Waals surface area (Å²) in [6.45, 7) is 0. The van der Waals surface area contributed by atoms with E-state index in [0.29, 0.717) is 0 Å². The van der Waals surface area contributed by atoms with Crippen molar-refractivity contribution in [2.45, 2.75) is 5.16 Å². The van der Waals surface area contributed by atoms with Gasteiger partial charge in [-0.25, -0.2) is 14.4 Å². The summed E-state index contributed by atoms with van der Waals surface area (Å²) >= 11 is 5.20. The SMILES string of the molecule is CSc1nccc(/C=N/S)n1. The highest BCUT2D eigenvalue weighted by Gasteiger charge is 1.93. The normalized spacial score (nSPS) is 10.7. The molecule has 0 N–H and O–H groups in total. The molecule has 0 unspecified atom stereocenters. The molecule has 0 aliphatic carbocycles. The minimum atomic E-state index is 0.746. The summed E-state index contributed by atoms with van der Waals surface area (Å²) in [6, 6.07) is 1.78. The molecule has 0 bridgehead atoms. The zero-order chi connectivity index (χ0) is 8.10. The maximum absolute atomic E-state index is 4.13. The molecule has 0 atom stereocenters. The molecule has 0 saturated carbocycles. The number of rotatable bonds is 2. The lowest BCUT2D eigenvalue weighted by Crippen LogP contribution is -1.90. The van der Waals surface area contributed by atoms with Crippen molar-refractivity contribution in [1.29, 1.82) is 0 Å². The number of hydrogen-bond acceptors (Lipinski definition) is 5. The Balaban J connectivity index is 2.91. The van der Waals surface area contributed by atoms with E-state index < -0.39 is 0 Å². The number of aromatic nitrogens is 2. The molecule has 0 radical (unpaired) electrons. The zero-order valence-electron chi connectivity index (χ0n) is 5.93. The number of hydrogen-bond donors (Lipinski definition) is 1. The fraction of sp³-hybridized carbons (Fsp3) is 0.167. The van der Waals surface area contributed by atoms with Gasteiger partial charge in [0, 0.05) is 6.20 Å². The Kier molecular flexibility index (Phi) is 3.38. The second-order valence-corrected chi connectivity index (χ2v) is 2.72. The molecule has 0 saturated heterocycles. The van der Waals surface area contributed by atoms with Gasteiger partial charge in [0.05, 0.1) is 11.9 Å². The van der Waals surface area contributed by atoms with Crippen LogP contribution in [0.5, 0.6) is 0 Å². The summed E-state index contributed by atoms with van der Waals surface area (Å²) in [6.07, 6.45) is 5.20. The molecule has 58 valence electrons. The van der Waals surface area contributed by atoms with Gasteiger partial charge in [0.1, 0.15) is 0 Å². The van der Waals surface area contributed by atoms with E-state index in [9.17, 15) is 0 Å². The Morgan fingerprint density at radius 3 is 3.18 bits per heavy atom. The zero-order valence-corrected chi connectivity index (χ0v) is 7.64. The van der Waals surface area contributed by atoms with Crippen molar-refractivity contribution >= 4 is 30.8 Å². The van der Waals surface area contributed by atoms with Crippen LogP contribution in [0.4, 0.5) is 0 Å². The lowest BCUT2D eigenvalue weighted by Gasteiger charge is -1.93. The summed E-state index contributed by atoms with van der Waals surface area (Å²) in [5, 5.41) is 0.746. The Morgan fingerprint density at radius 1 is 1.73 bits per heavy atom. The van der Waals surface area contributed by atoms with Gasteiger partial charge in [0.2, 0.25) is 0 Å². The van der Waals surface area contributed by atoms with Crippen molar-refractivity contribution < 1.29 is 0 Å². The summed E-state index contributed by atoms with van der Waals surface area (Å²) in [4.78, 5) is 8.14. The molecule has 0 amide bonds. The van der Waals surface area contributed by atoms with Crippen molar-refractivity contribution in [3.63, 3.8) is 0 Å². The van der Waals surface area contributed by atoms with Gasteiger partial charge >= 0.3 is 0 Å². The smallest absolute Gasteiger partial charge is 0.187 e. The molecule has 1 aromatic rings. The van der Waals surface area contributed by atoms with E-state index in [1.807, 2.05) is 6.26 Å². The predicted molar refractivity (Wildman–Crippen MR) is 50.4 cm³/mol. The molecule has 1 rings (SSSR count). The third kappa shape index (κ3) is 2.51. The molecule has 3 nitrogen and oxygen atoms in total. The number of thiol groups is 1.